The van der Waals surface area contributed by atoms with Crippen LogP contribution >= 0.6 is 0 Å². The maximum Gasteiger partial charge on any atom is 0.522 e. The van der Waals surface area contributed by atoms with Crippen LogP contribution in [0.2, 0.25) is 0 Å². The first kappa shape index (κ1) is 26.8. The normalized spacial score (nSPS) is 18.6. The standard InChI is InChI=1S/C25H34F3N3O4/c1-16-6-7-19-8-9-20(22(32)29-10-11-34-25(26,27)28)17(2)21(19)15-30(16)12-18-13-31(14-18)23(33)35-24(3,4)5/h7-9,15-16,18H,6,10-14H2,1-5H3,(H,29,32). The molecule has 10 heteroatoms. The summed E-state index contributed by atoms with van der Waals surface area (Å²) in [4.78, 5) is 28.8. The fraction of sp³-hybridized carbons (Fsp3) is 0.600. The van der Waals surface area contributed by atoms with Crippen LogP contribution in [0.25, 0.3) is 12.3 Å². The second kappa shape index (κ2) is 10.5. The highest BCUT2D eigenvalue weighted by Gasteiger charge is 2.35. The Morgan fingerprint density at radius 3 is 2.49 bits per heavy atom. The molecule has 1 fully saturated rings. The lowest BCUT2D eigenvalue weighted by Gasteiger charge is -2.42. The number of likely N-dealkylation sites (tertiary alicyclic amines) is 1. The first-order chi connectivity index (χ1) is 16.2. The number of ether oxygens (including phenoxy) is 2. The highest BCUT2D eigenvalue weighted by Crippen LogP contribution is 2.22. The van der Waals surface area contributed by atoms with Gasteiger partial charge in [0.15, 0.2) is 0 Å². The number of carbonyl (C=O) groups excluding carboxylic acids is 2. The van der Waals surface area contributed by atoms with Crippen molar-refractivity contribution < 1.29 is 32.2 Å². The number of amides is 2. The van der Waals surface area contributed by atoms with E-state index in [1.807, 2.05) is 33.8 Å². The van der Waals surface area contributed by atoms with Crippen molar-refractivity contribution in [2.75, 3.05) is 32.8 Å². The number of hydrogen-bond donors (Lipinski definition) is 1. The molecule has 0 bridgehead atoms. The van der Waals surface area contributed by atoms with E-state index in [0.717, 1.165) is 29.0 Å². The summed E-state index contributed by atoms with van der Waals surface area (Å²) in [5, 5.41) is 4.41. The molecule has 0 aliphatic carbocycles. The van der Waals surface area contributed by atoms with Crippen LogP contribution in [0.4, 0.5) is 18.0 Å². The van der Waals surface area contributed by atoms with Gasteiger partial charge in [0.1, 0.15) is 5.60 Å². The van der Waals surface area contributed by atoms with Gasteiger partial charge in [0.25, 0.3) is 5.91 Å². The smallest absolute Gasteiger partial charge is 0.444 e. The molecule has 2 amide bonds. The molecule has 0 radical (unpaired) electrons. The average Bonchev–Trinajstić information content (AvgIpc) is 2.85. The lowest BCUT2D eigenvalue weighted by Crippen LogP contribution is -2.55. The Bertz CT molecular complexity index is 1060. The first-order valence-electron chi connectivity index (χ1n) is 11.8. The van der Waals surface area contributed by atoms with Crippen LogP contribution in [0, 0.1) is 12.8 Å². The van der Waals surface area contributed by atoms with E-state index < -0.39 is 24.5 Å². The number of benzene rings is 1. The van der Waals surface area contributed by atoms with Gasteiger partial charge in [-0.3, -0.25) is 9.53 Å². The van der Waals surface area contributed by atoms with Crippen LogP contribution in [0.3, 0.4) is 0 Å². The van der Waals surface area contributed by atoms with Crippen molar-refractivity contribution in [2.24, 2.45) is 5.92 Å². The van der Waals surface area contributed by atoms with Gasteiger partial charge >= 0.3 is 12.5 Å². The van der Waals surface area contributed by atoms with Gasteiger partial charge in [-0.25, -0.2) is 4.79 Å². The molecule has 1 N–H and O–H groups in total. The predicted molar refractivity (Wildman–Crippen MR) is 126 cm³/mol. The van der Waals surface area contributed by atoms with Crippen LogP contribution in [-0.4, -0.2) is 72.6 Å². The second-order valence-corrected chi connectivity index (χ2v) is 10.2. The lowest BCUT2D eigenvalue weighted by molar-refractivity contribution is -0.323. The molecule has 7 nitrogen and oxygen atoms in total. The van der Waals surface area contributed by atoms with Crippen molar-refractivity contribution in [3.63, 3.8) is 0 Å². The molecule has 1 saturated heterocycles. The zero-order chi connectivity index (χ0) is 26.0. The van der Waals surface area contributed by atoms with E-state index in [1.165, 1.54) is 0 Å². The molecule has 2 aliphatic heterocycles. The molecule has 0 saturated carbocycles. The van der Waals surface area contributed by atoms with Gasteiger partial charge in [0.05, 0.1) is 6.61 Å². The van der Waals surface area contributed by atoms with E-state index in [1.54, 1.807) is 11.0 Å². The minimum Gasteiger partial charge on any atom is -0.444 e. The van der Waals surface area contributed by atoms with E-state index in [9.17, 15) is 22.8 Å². The number of rotatable bonds is 6. The fourth-order valence-electron chi connectivity index (χ4n) is 4.19. The van der Waals surface area contributed by atoms with Crippen LogP contribution in [0.5, 0.6) is 0 Å². The summed E-state index contributed by atoms with van der Waals surface area (Å²) in [6.45, 7) is 10.6. The number of hydrogen-bond acceptors (Lipinski definition) is 5. The van der Waals surface area contributed by atoms with Gasteiger partial charge in [-0.05, 0) is 57.9 Å². The zero-order valence-corrected chi connectivity index (χ0v) is 20.9. The molecule has 1 unspecified atom stereocenters. The number of nitrogens with one attached hydrogen (secondary N) is 1. The summed E-state index contributed by atoms with van der Waals surface area (Å²) in [5.74, 6) is -0.136. The van der Waals surface area contributed by atoms with E-state index >= 15 is 0 Å². The van der Waals surface area contributed by atoms with Crippen molar-refractivity contribution in [2.45, 2.75) is 59.0 Å². The van der Waals surface area contributed by atoms with Crippen molar-refractivity contribution in [1.29, 1.82) is 0 Å². The second-order valence-electron chi connectivity index (χ2n) is 10.2. The first-order valence-corrected chi connectivity index (χ1v) is 11.8. The third-order valence-electron chi connectivity index (χ3n) is 6.06. The largest absolute Gasteiger partial charge is 0.522 e. The summed E-state index contributed by atoms with van der Waals surface area (Å²) in [5.41, 5.74) is 0.646. The van der Waals surface area contributed by atoms with Crippen LogP contribution in [-0.2, 0) is 9.47 Å². The van der Waals surface area contributed by atoms with Crippen molar-refractivity contribution in [3.05, 3.63) is 33.7 Å². The maximum absolute atomic E-state index is 12.6. The van der Waals surface area contributed by atoms with Gasteiger partial charge < -0.3 is 19.9 Å². The van der Waals surface area contributed by atoms with Crippen molar-refractivity contribution in [1.82, 2.24) is 15.1 Å². The number of fused-ring (bicyclic) bond motifs is 1. The molecule has 35 heavy (non-hydrogen) atoms. The molecule has 0 spiro atoms. The number of carbonyl (C=O) groups is 2. The quantitative estimate of drug-likeness (QED) is 0.612. The molecule has 1 aromatic rings. The van der Waals surface area contributed by atoms with Gasteiger partial charge in [0, 0.05) is 55.1 Å². The Kier molecular flexibility index (Phi) is 8.03. The molecule has 1 atom stereocenters. The minimum absolute atomic E-state index is 0.231. The summed E-state index contributed by atoms with van der Waals surface area (Å²) in [7, 11) is 0. The van der Waals surface area contributed by atoms with Crippen molar-refractivity contribution in [3.8, 4) is 0 Å². The Morgan fingerprint density at radius 2 is 1.86 bits per heavy atom. The summed E-state index contributed by atoms with van der Waals surface area (Å²) in [6.07, 6.45) is -0.00655. The van der Waals surface area contributed by atoms with E-state index in [-0.39, 0.29) is 18.7 Å². The number of halogens is 3. The van der Waals surface area contributed by atoms with Gasteiger partial charge in [-0.15, -0.1) is 13.2 Å². The zero-order valence-electron chi connectivity index (χ0n) is 20.9. The Hall–Kier alpha value is -2.75. The molecular formula is C25H34F3N3O4. The molecule has 2 heterocycles. The monoisotopic (exact) mass is 497 g/mol. The Balaban J connectivity index is 1.68. The van der Waals surface area contributed by atoms with Crippen LogP contribution < -0.4 is 15.8 Å². The SMILES string of the molecule is Cc1c(C(=O)NCCOC(F)(F)F)ccc2c1=CN(CC1CN(C(=O)OC(C)(C)C)C1)C(C)CC=2. The number of alkyl halides is 3. The topological polar surface area (TPSA) is 71.1 Å². The summed E-state index contributed by atoms with van der Waals surface area (Å²) in [6, 6.07) is 3.79. The van der Waals surface area contributed by atoms with Gasteiger partial charge in [-0.1, -0.05) is 12.1 Å². The van der Waals surface area contributed by atoms with Crippen LogP contribution in [0.15, 0.2) is 12.1 Å². The van der Waals surface area contributed by atoms with Crippen LogP contribution in [0.1, 0.15) is 50.0 Å². The minimum atomic E-state index is -4.72. The van der Waals surface area contributed by atoms with Gasteiger partial charge in [-0.2, -0.15) is 0 Å². The lowest BCUT2D eigenvalue weighted by atomic mass is 9.99. The average molecular weight is 498 g/mol. The fourth-order valence-corrected chi connectivity index (χ4v) is 4.19. The molecule has 1 aromatic carbocycles. The van der Waals surface area contributed by atoms with E-state index in [4.69, 9.17) is 4.74 Å². The maximum atomic E-state index is 12.6. The Morgan fingerprint density at radius 1 is 1.17 bits per heavy atom. The van der Waals surface area contributed by atoms with E-state index in [0.29, 0.717) is 24.6 Å². The van der Waals surface area contributed by atoms with Gasteiger partial charge in [0.2, 0.25) is 0 Å². The molecule has 0 aromatic heterocycles. The Labute approximate surface area is 203 Å². The predicted octanol–water partition coefficient (Wildman–Crippen LogP) is 2.74. The third-order valence-corrected chi connectivity index (χ3v) is 6.06. The highest BCUT2D eigenvalue weighted by atomic mass is 19.4. The summed E-state index contributed by atoms with van der Waals surface area (Å²) < 4.78 is 45.6. The van der Waals surface area contributed by atoms with Crippen molar-refractivity contribution >= 4 is 24.3 Å². The third kappa shape index (κ3) is 7.37. The number of nitrogens with zero attached hydrogens (tertiary/aromatic N) is 2. The van der Waals surface area contributed by atoms with E-state index in [2.05, 4.69) is 34.2 Å². The molecule has 194 valence electrons. The summed E-state index contributed by atoms with van der Waals surface area (Å²) >= 11 is 0. The molecular weight excluding hydrogens is 463 g/mol. The molecule has 2 aliphatic rings. The molecule has 3 rings (SSSR count). The highest BCUT2D eigenvalue weighted by molar-refractivity contribution is 5.95.